The molecule has 25 heavy (non-hydrogen) atoms. The van der Waals surface area contributed by atoms with Gasteiger partial charge in [-0.2, -0.15) is 0 Å². The number of hydrogen-bond acceptors (Lipinski definition) is 6. The maximum atomic E-state index is 12.3. The molecule has 1 unspecified atom stereocenters. The molecule has 136 valence electrons. The number of nitrogens with zero attached hydrogens (tertiary/aromatic N) is 5. The third-order valence-corrected chi connectivity index (χ3v) is 5.77. The Kier molecular flexibility index (Phi) is 4.50. The normalized spacial score (nSPS) is 25.4. The quantitative estimate of drug-likeness (QED) is 0.798. The van der Waals surface area contributed by atoms with E-state index in [1.807, 2.05) is 18.0 Å². The molecule has 0 spiro atoms. The lowest BCUT2D eigenvalue weighted by Gasteiger charge is -2.40. The molecule has 1 aromatic heterocycles. The Bertz CT molecular complexity index is 628. The van der Waals surface area contributed by atoms with Gasteiger partial charge in [-0.05, 0) is 32.1 Å². The minimum atomic E-state index is 0.0967. The molecular weight excluding hydrogens is 318 g/mol. The van der Waals surface area contributed by atoms with Crippen LogP contribution in [0.3, 0.4) is 0 Å². The first-order valence-corrected chi connectivity index (χ1v) is 9.31. The van der Waals surface area contributed by atoms with Crippen LogP contribution in [0.2, 0.25) is 0 Å². The van der Waals surface area contributed by atoms with E-state index in [0.29, 0.717) is 18.0 Å². The molecule has 0 aromatic carbocycles. The van der Waals surface area contributed by atoms with E-state index < -0.39 is 0 Å². The molecule has 1 aliphatic carbocycles. The molecule has 7 heteroatoms. The Hall–Kier alpha value is -1.89. The highest BCUT2D eigenvalue weighted by atomic mass is 16.5. The highest BCUT2D eigenvalue weighted by Gasteiger charge is 2.40. The van der Waals surface area contributed by atoms with Crippen LogP contribution in [0.5, 0.6) is 5.88 Å². The maximum Gasteiger partial charge on any atom is 0.239 e. The number of anilines is 1. The Morgan fingerprint density at radius 3 is 2.40 bits per heavy atom. The van der Waals surface area contributed by atoms with Gasteiger partial charge in [0.05, 0.1) is 13.2 Å². The molecule has 3 fully saturated rings. The maximum absolute atomic E-state index is 12.3. The van der Waals surface area contributed by atoms with Gasteiger partial charge in [0.2, 0.25) is 11.8 Å². The molecular formula is C18H27N5O2. The van der Waals surface area contributed by atoms with E-state index in [2.05, 4.69) is 19.8 Å². The predicted octanol–water partition coefficient (Wildman–Crippen LogP) is 1.15. The van der Waals surface area contributed by atoms with Crippen molar-refractivity contribution in [1.82, 2.24) is 19.8 Å². The molecule has 3 aliphatic rings. The second kappa shape index (κ2) is 6.78. The van der Waals surface area contributed by atoms with Crippen molar-refractivity contribution >= 4 is 11.7 Å². The topological polar surface area (TPSA) is 61.8 Å². The average molecular weight is 345 g/mol. The van der Waals surface area contributed by atoms with Crippen molar-refractivity contribution in [2.45, 2.75) is 50.2 Å². The van der Waals surface area contributed by atoms with E-state index in [-0.39, 0.29) is 11.9 Å². The van der Waals surface area contributed by atoms with E-state index >= 15 is 0 Å². The highest BCUT2D eigenvalue weighted by molar-refractivity contribution is 5.83. The molecule has 0 radical (unpaired) electrons. The lowest BCUT2D eigenvalue weighted by atomic mass is 10.0. The summed E-state index contributed by atoms with van der Waals surface area (Å²) in [6.07, 6.45) is 7.19. The van der Waals surface area contributed by atoms with Crippen molar-refractivity contribution < 1.29 is 9.53 Å². The van der Waals surface area contributed by atoms with Crippen molar-refractivity contribution in [3.63, 3.8) is 0 Å². The van der Waals surface area contributed by atoms with Gasteiger partial charge in [-0.1, -0.05) is 0 Å². The fourth-order valence-corrected chi connectivity index (χ4v) is 4.23. The van der Waals surface area contributed by atoms with Crippen molar-refractivity contribution in [2.24, 2.45) is 0 Å². The van der Waals surface area contributed by atoms with Crippen molar-refractivity contribution in [1.29, 1.82) is 0 Å². The molecule has 1 amide bonds. The molecule has 0 bridgehead atoms. The highest BCUT2D eigenvalue weighted by Crippen LogP contribution is 2.36. The molecule has 7 nitrogen and oxygen atoms in total. The molecule has 1 saturated carbocycles. The van der Waals surface area contributed by atoms with Crippen LogP contribution < -0.4 is 9.64 Å². The first kappa shape index (κ1) is 16.6. The van der Waals surface area contributed by atoms with Crippen LogP contribution in [0.4, 0.5) is 5.82 Å². The zero-order chi connectivity index (χ0) is 17.4. The summed E-state index contributed by atoms with van der Waals surface area (Å²) in [6.45, 7) is 2.86. The van der Waals surface area contributed by atoms with Crippen LogP contribution >= 0.6 is 0 Å². The smallest absolute Gasteiger partial charge is 0.239 e. The second-order valence-corrected chi connectivity index (χ2v) is 7.39. The van der Waals surface area contributed by atoms with Crippen LogP contribution in [-0.4, -0.2) is 77.6 Å². The van der Waals surface area contributed by atoms with E-state index in [1.54, 1.807) is 13.4 Å². The fourth-order valence-electron chi connectivity index (χ4n) is 4.23. The summed E-state index contributed by atoms with van der Waals surface area (Å²) in [5.41, 5.74) is 0. The van der Waals surface area contributed by atoms with Crippen LogP contribution in [-0.2, 0) is 4.79 Å². The van der Waals surface area contributed by atoms with Crippen molar-refractivity contribution in [3.8, 4) is 5.88 Å². The number of rotatable bonds is 5. The number of carbonyl (C=O) groups is 1. The number of methoxy groups -OCH3 is 1. The first-order valence-electron chi connectivity index (χ1n) is 9.31. The third-order valence-electron chi connectivity index (χ3n) is 5.77. The lowest BCUT2D eigenvalue weighted by molar-refractivity contribution is -0.131. The van der Waals surface area contributed by atoms with Crippen LogP contribution in [0.1, 0.15) is 32.1 Å². The zero-order valence-corrected chi connectivity index (χ0v) is 15.1. The number of hydrogen-bond donors (Lipinski definition) is 0. The average Bonchev–Trinajstić information content (AvgIpc) is 3.42. The summed E-state index contributed by atoms with van der Waals surface area (Å²) >= 11 is 0. The molecule has 2 saturated heterocycles. The van der Waals surface area contributed by atoms with E-state index in [0.717, 1.165) is 44.7 Å². The van der Waals surface area contributed by atoms with Gasteiger partial charge in [-0.25, -0.2) is 9.97 Å². The summed E-state index contributed by atoms with van der Waals surface area (Å²) in [7, 11) is 3.55. The molecule has 0 N–H and O–H groups in total. The predicted molar refractivity (Wildman–Crippen MR) is 94.7 cm³/mol. The van der Waals surface area contributed by atoms with Gasteiger partial charge in [0, 0.05) is 44.8 Å². The van der Waals surface area contributed by atoms with Crippen LogP contribution in [0.15, 0.2) is 12.4 Å². The Balaban J connectivity index is 1.43. The minimum Gasteiger partial charge on any atom is -0.481 e. The number of piperidine rings is 1. The minimum absolute atomic E-state index is 0.0967. The largest absolute Gasteiger partial charge is 0.481 e. The SMILES string of the molecule is COc1cc(N(C2CC2)C2CCN(C3CCN(C)C3=O)CC2)ncn1. The van der Waals surface area contributed by atoms with E-state index in [4.69, 9.17) is 4.74 Å². The van der Waals surface area contributed by atoms with E-state index in [1.165, 1.54) is 12.8 Å². The van der Waals surface area contributed by atoms with E-state index in [9.17, 15) is 4.79 Å². The molecule has 3 heterocycles. The fraction of sp³-hybridized carbons (Fsp3) is 0.722. The Morgan fingerprint density at radius 1 is 1.08 bits per heavy atom. The summed E-state index contributed by atoms with van der Waals surface area (Å²) in [5, 5.41) is 0. The zero-order valence-electron chi connectivity index (χ0n) is 15.1. The monoisotopic (exact) mass is 345 g/mol. The van der Waals surface area contributed by atoms with Gasteiger partial charge >= 0.3 is 0 Å². The van der Waals surface area contributed by atoms with Crippen molar-refractivity contribution in [3.05, 3.63) is 12.4 Å². The van der Waals surface area contributed by atoms with Gasteiger partial charge in [-0.15, -0.1) is 0 Å². The van der Waals surface area contributed by atoms with Gasteiger partial charge in [0.1, 0.15) is 12.1 Å². The number of amides is 1. The summed E-state index contributed by atoms with van der Waals surface area (Å²) in [4.78, 5) is 27.6. The van der Waals surface area contributed by atoms with Gasteiger partial charge in [0.15, 0.2) is 0 Å². The Morgan fingerprint density at radius 2 is 1.80 bits per heavy atom. The van der Waals surface area contributed by atoms with Crippen LogP contribution in [0.25, 0.3) is 0 Å². The van der Waals surface area contributed by atoms with Gasteiger partial charge in [-0.3, -0.25) is 9.69 Å². The lowest BCUT2D eigenvalue weighted by Crippen LogP contribution is -2.51. The van der Waals surface area contributed by atoms with Gasteiger partial charge in [0.25, 0.3) is 0 Å². The summed E-state index contributed by atoms with van der Waals surface area (Å²) in [6, 6.07) is 3.12. The third kappa shape index (κ3) is 3.29. The number of aromatic nitrogens is 2. The molecule has 2 aliphatic heterocycles. The first-order chi connectivity index (χ1) is 12.2. The number of likely N-dealkylation sites (N-methyl/N-ethyl adjacent to an activating group) is 1. The second-order valence-electron chi connectivity index (χ2n) is 7.39. The van der Waals surface area contributed by atoms with Crippen LogP contribution in [0, 0.1) is 0 Å². The van der Waals surface area contributed by atoms with Crippen molar-refractivity contribution in [2.75, 3.05) is 38.7 Å². The number of likely N-dealkylation sites (tertiary alicyclic amines) is 2. The number of carbonyl (C=O) groups excluding carboxylic acids is 1. The molecule has 1 aromatic rings. The summed E-state index contributed by atoms with van der Waals surface area (Å²) < 4.78 is 5.27. The molecule has 4 rings (SSSR count). The Labute approximate surface area is 149 Å². The van der Waals surface area contributed by atoms with Gasteiger partial charge < -0.3 is 14.5 Å². The molecule has 1 atom stereocenters. The standard InChI is InChI=1S/C18H27N5O2/c1-21-8-7-15(18(21)24)22-9-5-14(6-10-22)23(13-3-4-13)16-11-17(25-2)20-12-19-16/h11-15H,3-10H2,1-2H3. The summed E-state index contributed by atoms with van der Waals surface area (Å²) in [5.74, 6) is 1.88. The number of ether oxygens (including phenoxy) is 1.